The summed E-state index contributed by atoms with van der Waals surface area (Å²) in [6, 6.07) is 5.84. The summed E-state index contributed by atoms with van der Waals surface area (Å²) in [7, 11) is 0. The van der Waals surface area contributed by atoms with Gasteiger partial charge in [0, 0.05) is 30.0 Å². The van der Waals surface area contributed by atoms with Gasteiger partial charge in [-0.15, -0.1) is 0 Å². The molecule has 2 aliphatic heterocycles. The molecule has 3 atom stereocenters. The van der Waals surface area contributed by atoms with Crippen LogP contribution < -0.4 is 4.90 Å². The van der Waals surface area contributed by atoms with Crippen molar-refractivity contribution in [2.45, 2.75) is 38.7 Å². The Bertz CT molecular complexity index is 954. The lowest BCUT2D eigenvalue weighted by atomic mass is 9.72. The first-order valence-corrected chi connectivity index (χ1v) is 11.8. The van der Waals surface area contributed by atoms with E-state index < -0.39 is 0 Å². The quantitative estimate of drug-likeness (QED) is 0.616. The van der Waals surface area contributed by atoms with E-state index in [-0.39, 0.29) is 29.8 Å². The van der Waals surface area contributed by atoms with Crippen LogP contribution in [0.25, 0.3) is 0 Å². The highest BCUT2D eigenvalue weighted by atomic mass is 79.9. The molecule has 2 aliphatic carbocycles. The third kappa shape index (κ3) is 3.39. The Labute approximate surface area is 185 Å². The fourth-order valence-electron chi connectivity index (χ4n) is 5.47. The van der Waals surface area contributed by atoms with Gasteiger partial charge in [0.1, 0.15) is 6.10 Å². The molecule has 0 N–H and O–H groups in total. The molecule has 1 amide bonds. The Hall–Kier alpha value is -2.08. The number of benzene rings is 1. The van der Waals surface area contributed by atoms with Crippen molar-refractivity contribution in [3.05, 3.63) is 51.5 Å². The van der Waals surface area contributed by atoms with Gasteiger partial charge in [-0.05, 0) is 56.4 Å². The van der Waals surface area contributed by atoms with Crippen LogP contribution in [0, 0.1) is 11.8 Å². The van der Waals surface area contributed by atoms with Crippen LogP contribution in [-0.2, 0) is 9.53 Å². The molecule has 1 aromatic rings. The average molecular weight is 471 g/mol. The van der Waals surface area contributed by atoms with Gasteiger partial charge in [-0.1, -0.05) is 33.7 Å². The van der Waals surface area contributed by atoms with Gasteiger partial charge >= 0.3 is 5.97 Å². The highest BCUT2D eigenvalue weighted by Crippen LogP contribution is 2.45. The summed E-state index contributed by atoms with van der Waals surface area (Å²) in [4.78, 5) is 30.2. The first kappa shape index (κ1) is 19.9. The van der Waals surface area contributed by atoms with Crippen LogP contribution >= 0.6 is 15.9 Å². The van der Waals surface area contributed by atoms with Gasteiger partial charge in [0.2, 0.25) is 0 Å². The maximum atomic E-state index is 13.4. The first-order chi connectivity index (χ1) is 14.5. The van der Waals surface area contributed by atoms with E-state index in [1.165, 1.54) is 11.1 Å². The maximum Gasteiger partial charge on any atom is 0.310 e. The predicted molar refractivity (Wildman–Crippen MR) is 119 cm³/mol. The van der Waals surface area contributed by atoms with Crippen molar-refractivity contribution in [3.8, 4) is 0 Å². The Morgan fingerprint density at radius 1 is 1.17 bits per heavy atom. The van der Waals surface area contributed by atoms with Crippen LogP contribution in [-0.4, -0.2) is 49.1 Å². The normalized spacial score (nSPS) is 28.1. The molecule has 5 rings (SSSR count). The van der Waals surface area contributed by atoms with Gasteiger partial charge in [-0.2, -0.15) is 0 Å². The van der Waals surface area contributed by atoms with Crippen molar-refractivity contribution in [2.75, 3.05) is 31.1 Å². The molecule has 0 radical (unpaired) electrons. The summed E-state index contributed by atoms with van der Waals surface area (Å²) in [6.07, 6.45) is 8.10. The van der Waals surface area contributed by atoms with Crippen molar-refractivity contribution >= 4 is 33.5 Å². The first-order valence-electron chi connectivity index (χ1n) is 11.0. The minimum Gasteiger partial charge on any atom is -0.460 e. The van der Waals surface area contributed by atoms with E-state index in [0.717, 1.165) is 54.5 Å². The number of carbonyl (C=O) groups is 2. The smallest absolute Gasteiger partial charge is 0.310 e. The van der Waals surface area contributed by atoms with Crippen LogP contribution in [0.5, 0.6) is 0 Å². The van der Waals surface area contributed by atoms with Crippen molar-refractivity contribution < 1.29 is 14.3 Å². The van der Waals surface area contributed by atoms with Gasteiger partial charge in [-0.3, -0.25) is 9.59 Å². The van der Waals surface area contributed by atoms with Crippen molar-refractivity contribution in [1.82, 2.24) is 4.90 Å². The molecule has 4 aliphatic rings. The summed E-state index contributed by atoms with van der Waals surface area (Å²) >= 11 is 3.53. The SMILES string of the molecule is CCN1CCN(CC2OC(=O)C3CC4=C(C=CCC4)CC23)C(=O)c2ccc(Br)cc21. The van der Waals surface area contributed by atoms with Crippen LogP contribution in [0.3, 0.4) is 0 Å². The van der Waals surface area contributed by atoms with E-state index in [1.54, 1.807) is 0 Å². The number of rotatable bonds is 3. The number of carbonyl (C=O) groups excluding carboxylic acids is 2. The Balaban J connectivity index is 1.39. The summed E-state index contributed by atoms with van der Waals surface area (Å²) in [5.41, 5.74) is 4.52. The molecule has 3 unspecified atom stereocenters. The lowest BCUT2D eigenvalue weighted by Gasteiger charge is -2.32. The zero-order valence-electron chi connectivity index (χ0n) is 17.3. The van der Waals surface area contributed by atoms with Gasteiger partial charge in [0.25, 0.3) is 5.91 Å². The summed E-state index contributed by atoms with van der Waals surface area (Å²) < 4.78 is 6.83. The van der Waals surface area contributed by atoms with Crippen LogP contribution in [0.4, 0.5) is 5.69 Å². The average Bonchev–Trinajstić information content (AvgIpc) is 2.98. The van der Waals surface area contributed by atoms with E-state index in [0.29, 0.717) is 13.1 Å². The van der Waals surface area contributed by atoms with Crippen molar-refractivity contribution in [3.63, 3.8) is 0 Å². The lowest BCUT2D eigenvalue weighted by Crippen LogP contribution is -2.42. The number of esters is 1. The molecule has 1 aromatic carbocycles. The number of amides is 1. The number of likely N-dealkylation sites (N-methyl/N-ethyl adjacent to an activating group) is 1. The zero-order valence-corrected chi connectivity index (χ0v) is 18.9. The molecule has 1 saturated heterocycles. The van der Waals surface area contributed by atoms with Crippen LogP contribution in [0.15, 0.2) is 46.0 Å². The standard InChI is InChI=1S/C24H27BrN2O3/c1-2-26-9-10-27(23(28)18-8-7-17(25)13-21(18)26)14-22-19-11-15-5-3-4-6-16(15)12-20(19)24(29)30-22/h3,5,7-8,13,19-20,22H,2,4,6,9-12,14H2,1H3. The third-order valence-electron chi connectivity index (χ3n) is 7.11. The van der Waals surface area contributed by atoms with E-state index >= 15 is 0 Å². The summed E-state index contributed by atoms with van der Waals surface area (Å²) in [6.45, 7) is 4.85. The minimum absolute atomic E-state index is 0.0289. The maximum absolute atomic E-state index is 13.4. The van der Waals surface area contributed by atoms with Gasteiger partial charge in [0.05, 0.1) is 23.7 Å². The predicted octanol–water partition coefficient (Wildman–Crippen LogP) is 4.33. The lowest BCUT2D eigenvalue weighted by molar-refractivity contribution is -0.144. The van der Waals surface area contributed by atoms with Crippen LogP contribution in [0.1, 0.15) is 43.0 Å². The number of fused-ring (bicyclic) bond motifs is 2. The molecular formula is C24H27BrN2O3. The van der Waals surface area contributed by atoms with E-state index in [1.807, 2.05) is 23.1 Å². The molecule has 2 heterocycles. The Morgan fingerprint density at radius 3 is 2.83 bits per heavy atom. The third-order valence-corrected chi connectivity index (χ3v) is 7.61. The molecule has 30 heavy (non-hydrogen) atoms. The fraction of sp³-hybridized carbons (Fsp3) is 0.500. The highest BCUT2D eigenvalue weighted by molar-refractivity contribution is 9.10. The number of ether oxygens (including phenoxy) is 1. The highest BCUT2D eigenvalue weighted by Gasteiger charge is 2.48. The second kappa shape index (κ2) is 7.88. The van der Waals surface area contributed by atoms with Gasteiger partial charge < -0.3 is 14.5 Å². The number of cyclic esters (lactones) is 1. The van der Waals surface area contributed by atoms with E-state index in [2.05, 4.69) is 39.9 Å². The van der Waals surface area contributed by atoms with E-state index in [9.17, 15) is 9.59 Å². The molecule has 158 valence electrons. The summed E-state index contributed by atoms with van der Waals surface area (Å²) in [5.74, 6) is 0.0774. The number of anilines is 1. The molecule has 1 fully saturated rings. The number of hydrogen-bond acceptors (Lipinski definition) is 4. The molecule has 0 bridgehead atoms. The number of halogens is 1. The number of nitrogens with zero attached hydrogens (tertiary/aromatic N) is 2. The minimum atomic E-state index is -0.220. The number of hydrogen-bond donors (Lipinski definition) is 0. The summed E-state index contributed by atoms with van der Waals surface area (Å²) in [5, 5.41) is 0. The molecule has 0 saturated carbocycles. The van der Waals surface area contributed by atoms with Crippen molar-refractivity contribution in [2.24, 2.45) is 11.8 Å². The molecule has 6 heteroatoms. The largest absolute Gasteiger partial charge is 0.460 e. The van der Waals surface area contributed by atoms with E-state index in [4.69, 9.17) is 4.74 Å². The fourth-order valence-corrected chi connectivity index (χ4v) is 5.82. The Kier molecular flexibility index (Phi) is 5.21. The molecule has 0 aromatic heterocycles. The number of allylic oxidation sites excluding steroid dienone is 4. The Morgan fingerprint density at radius 2 is 2.00 bits per heavy atom. The van der Waals surface area contributed by atoms with Gasteiger partial charge in [-0.25, -0.2) is 0 Å². The molecule has 5 nitrogen and oxygen atoms in total. The van der Waals surface area contributed by atoms with Crippen molar-refractivity contribution in [1.29, 1.82) is 0 Å². The van der Waals surface area contributed by atoms with Crippen LogP contribution in [0.2, 0.25) is 0 Å². The van der Waals surface area contributed by atoms with Gasteiger partial charge in [0.15, 0.2) is 0 Å². The monoisotopic (exact) mass is 470 g/mol. The zero-order chi connectivity index (χ0) is 20.8. The second-order valence-electron chi connectivity index (χ2n) is 8.72. The second-order valence-corrected chi connectivity index (χ2v) is 9.63. The topological polar surface area (TPSA) is 49.9 Å². The molecule has 0 spiro atoms. The molecular weight excluding hydrogens is 444 g/mol.